The van der Waals surface area contributed by atoms with Gasteiger partial charge in [0, 0.05) is 32.7 Å². The van der Waals surface area contributed by atoms with Crippen LogP contribution in [0.4, 0.5) is 4.79 Å². The molecule has 0 aromatic carbocycles. The second kappa shape index (κ2) is 6.04. The fourth-order valence-electron chi connectivity index (χ4n) is 2.46. The van der Waals surface area contributed by atoms with Gasteiger partial charge in [-0.3, -0.25) is 4.79 Å². The molecule has 0 aromatic rings. The Morgan fingerprint density at radius 3 is 2.50 bits per heavy atom. The van der Waals surface area contributed by atoms with Crippen LogP contribution in [-0.4, -0.2) is 56.2 Å². The smallest absolute Gasteiger partial charge is 0.317 e. The molecular weight excluding hydrogens is 234 g/mol. The first-order valence-electron chi connectivity index (χ1n) is 6.55. The number of likely N-dealkylation sites (tertiary alicyclic amines) is 1. The first kappa shape index (κ1) is 13.1. The molecule has 2 rings (SSSR count). The lowest BCUT2D eigenvalue weighted by Gasteiger charge is -2.31. The van der Waals surface area contributed by atoms with Crippen LogP contribution in [0.15, 0.2) is 0 Å². The molecule has 18 heavy (non-hydrogen) atoms. The largest absolute Gasteiger partial charge is 0.379 e. The van der Waals surface area contributed by atoms with Gasteiger partial charge < -0.3 is 20.3 Å². The Kier molecular flexibility index (Phi) is 4.41. The van der Waals surface area contributed by atoms with Crippen molar-refractivity contribution in [3.8, 4) is 0 Å². The number of ether oxygens (including phenoxy) is 1. The number of hydrogen-bond acceptors (Lipinski definition) is 3. The van der Waals surface area contributed by atoms with Crippen molar-refractivity contribution in [2.45, 2.75) is 25.3 Å². The van der Waals surface area contributed by atoms with E-state index >= 15 is 0 Å². The van der Waals surface area contributed by atoms with Gasteiger partial charge in [-0.15, -0.1) is 0 Å². The third kappa shape index (κ3) is 3.13. The fourth-order valence-corrected chi connectivity index (χ4v) is 2.46. The maximum absolute atomic E-state index is 12.0. The molecule has 3 amide bonds. The van der Waals surface area contributed by atoms with Crippen molar-refractivity contribution in [3.05, 3.63) is 0 Å². The highest BCUT2D eigenvalue weighted by atomic mass is 16.5. The summed E-state index contributed by atoms with van der Waals surface area (Å²) in [5.74, 6) is 0.133. The molecule has 0 bridgehead atoms. The zero-order chi connectivity index (χ0) is 13.0. The monoisotopic (exact) mass is 255 g/mol. The molecule has 1 unspecified atom stereocenters. The summed E-state index contributed by atoms with van der Waals surface area (Å²) >= 11 is 0. The van der Waals surface area contributed by atoms with Gasteiger partial charge in [-0.25, -0.2) is 4.79 Å². The van der Waals surface area contributed by atoms with Gasteiger partial charge in [0.25, 0.3) is 0 Å². The zero-order valence-electron chi connectivity index (χ0n) is 10.8. The van der Waals surface area contributed by atoms with E-state index < -0.39 is 0 Å². The van der Waals surface area contributed by atoms with Gasteiger partial charge in [-0.2, -0.15) is 0 Å². The summed E-state index contributed by atoms with van der Waals surface area (Å²) in [6.45, 7) is 2.64. The molecule has 6 heteroatoms. The minimum atomic E-state index is -0.0270. The Labute approximate surface area is 107 Å². The summed E-state index contributed by atoms with van der Waals surface area (Å²) in [5.41, 5.74) is 0. The molecule has 0 radical (unpaired) electrons. The molecule has 0 aliphatic carbocycles. The van der Waals surface area contributed by atoms with Crippen LogP contribution in [0.3, 0.4) is 0 Å². The van der Waals surface area contributed by atoms with Crippen molar-refractivity contribution in [2.24, 2.45) is 5.92 Å². The molecule has 6 nitrogen and oxygen atoms in total. The highest BCUT2D eigenvalue weighted by molar-refractivity contribution is 5.79. The number of hydrogen-bond donors (Lipinski definition) is 2. The van der Waals surface area contributed by atoms with Crippen molar-refractivity contribution < 1.29 is 14.3 Å². The molecule has 0 spiro atoms. The Bertz CT molecular complexity index is 308. The van der Waals surface area contributed by atoms with E-state index in [0.29, 0.717) is 19.7 Å². The van der Waals surface area contributed by atoms with Crippen LogP contribution in [0.25, 0.3) is 0 Å². The Hall–Kier alpha value is -1.30. The summed E-state index contributed by atoms with van der Waals surface area (Å²) in [4.78, 5) is 25.2. The number of amides is 3. The Balaban J connectivity index is 1.74. The summed E-state index contributed by atoms with van der Waals surface area (Å²) in [6, 6.07) is 0.120. The Morgan fingerprint density at radius 2 is 1.94 bits per heavy atom. The van der Waals surface area contributed by atoms with E-state index in [4.69, 9.17) is 4.74 Å². The van der Waals surface area contributed by atoms with E-state index in [1.54, 1.807) is 11.9 Å². The number of carbonyl (C=O) groups excluding carboxylic acids is 2. The van der Waals surface area contributed by atoms with E-state index in [1.165, 1.54) is 0 Å². The summed E-state index contributed by atoms with van der Waals surface area (Å²) in [6.07, 6.45) is 2.38. The van der Waals surface area contributed by atoms with E-state index in [9.17, 15) is 9.59 Å². The minimum Gasteiger partial charge on any atom is -0.379 e. The molecule has 2 aliphatic rings. The maximum atomic E-state index is 12.0. The van der Waals surface area contributed by atoms with Crippen LogP contribution in [0, 0.1) is 5.92 Å². The third-order valence-electron chi connectivity index (χ3n) is 3.66. The van der Waals surface area contributed by atoms with Crippen LogP contribution in [0.2, 0.25) is 0 Å². The number of urea groups is 1. The van der Waals surface area contributed by atoms with Crippen molar-refractivity contribution in [3.63, 3.8) is 0 Å². The average molecular weight is 255 g/mol. The van der Waals surface area contributed by atoms with Crippen LogP contribution < -0.4 is 10.6 Å². The van der Waals surface area contributed by atoms with Gasteiger partial charge in [0.1, 0.15) is 0 Å². The van der Waals surface area contributed by atoms with Crippen molar-refractivity contribution in [1.29, 1.82) is 0 Å². The van der Waals surface area contributed by atoms with Gasteiger partial charge in [0.15, 0.2) is 0 Å². The number of rotatable bonds is 2. The SMILES string of the molecule is CNC(=O)C1CCN(C(=O)NC2CCOC2)CC1. The number of carbonyl (C=O) groups is 2. The molecule has 2 saturated heterocycles. The first-order valence-corrected chi connectivity index (χ1v) is 6.55. The molecule has 102 valence electrons. The summed E-state index contributed by atoms with van der Waals surface area (Å²) in [5, 5.41) is 5.63. The first-order chi connectivity index (χ1) is 8.70. The highest BCUT2D eigenvalue weighted by Gasteiger charge is 2.28. The number of nitrogens with zero attached hydrogens (tertiary/aromatic N) is 1. The second-order valence-electron chi connectivity index (χ2n) is 4.89. The minimum absolute atomic E-state index is 0.0270. The van der Waals surface area contributed by atoms with Crippen molar-refractivity contribution in [1.82, 2.24) is 15.5 Å². The fraction of sp³-hybridized carbons (Fsp3) is 0.833. The summed E-state index contributed by atoms with van der Waals surface area (Å²) < 4.78 is 5.22. The number of piperidine rings is 1. The zero-order valence-corrected chi connectivity index (χ0v) is 10.8. The lowest BCUT2D eigenvalue weighted by molar-refractivity contribution is -0.125. The number of nitrogens with one attached hydrogen (secondary N) is 2. The molecule has 0 saturated carbocycles. The Morgan fingerprint density at radius 1 is 1.22 bits per heavy atom. The van der Waals surface area contributed by atoms with Crippen LogP contribution >= 0.6 is 0 Å². The molecule has 0 aromatic heterocycles. The molecule has 2 aliphatic heterocycles. The van der Waals surface area contributed by atoms with Gasteiger partial charge in [0.2, 0.25) is 5.91 Å². The predicted octanol–water partition coefficient (Wildman–Crippen LogP) is -0.0571. The van der Waals surface area contributed by atoms with Gasteiger partial charge in [0.05, 0.1) is 12.6 Å². The topological polar surface area (TPSA) is 70.7 Å². The molecule has 2 N–H and O–H groups in total. The maximum Gasteiger partial charge on any atom is 0.317 e. The lowest BCUT2D eigenvalue weighted by atomic mass is 9.96. The predicted molar refractivity (Wildman–Crippen MR) is 66.1 cm³/mol. The van der Waals surface area contributed by atoms with Crippen LogP contribution in [-0.2, 0) is 9.53 Å². The van der Waals surface area contributed by atoms with Crippen molar-refractivity contribution in [2.75, 3.05) is 33.4 Å². The standard InChI is InChI=1S/C12H21N3O3/c1-13-11(16)9-2-5-15(6-3-9)12(17)14-10-4-7-18-8-10/h9-10H,2-8H2,1H3,(H,13,16)(H,14,17). The van der Waals surface area contributed by atoms with Gasteiger partial charge in [-0.05, 0) is 19.3 Å². The van der Waals surface area contributed by atoms with Gasteiger partial charge in [-0.1, -0.05) is 0 Å². The lowest BCUT2D eigenvalue weighted by Crippen LogP contribution is -2.49. The van der Waals surface area contributed by atoms with E-state index in [-0.39, 0.29) is 23.9 Å². The molecule has 2 heterocycles. The highest BCUT2D eigenvalue weighted by Crippen LogP contribution is 2.17. The van der Waals surface area contributed by atoms with E-state index in [2.05, 4.69) is 10.6 Å². The van der Waals surface area contributed by atoms with Crippen molar-refractivity contribution >= 4 is 11.9 Å². The average Bonchev–Trinajstić information content (AvgIpc) is 2.91. The second-order valence-corrected chi connectivity index (χ2v) is 4.89. The quantitative estimate of drug-likeness (QED) is 0.726. The summed E-state index contributed by atoms with van der Waals surface area (Å²) in [7, 11) is 1.65. The van der Waals surface area contributed by atoms with Crippen LogP contribution in [0.5, 0.6) is 0 Å². The van der Waals surface area contributed by atoms with Gasteiger partial charge >= 0.3 is 6.03 Å². The van der Waals surface area contributed by atoms with Crippen LogP contribution in [0.1, 0.15) is 19.3 Å². The molecular formula is C12H21N3O3. The molecule has 2 fully saturated rings. The molecule has 1 atom stereocenters. The third-order valence-corrected chi connectivity index (χ3v) is 3.66. The van der Waals surface area contributed by atoms with E-state index in [0.717, 1.165) is 25.9 Å². The van der Waals surface area contributed by atoms with E-state index in [1.807, 2.05) is 0 Å². The normalized spacial score (nSPS) is 24.9.